The average molecular weight is 627 g/mol. The molecule has 3 aromatic rings. The van der Waals surface area contributed by atoms with E-state index in [0.29, 0.717) is 43.1 Å². The van der Waals surface area contributed by atoms with E-state index >= 15 is 0 Å². The molecule has 12 heteroatoms. The Morgan fingerprint density at radius 2 is 1.62 bits per heavy atom. The number of carbonyl (C=O) groups is 1. The van der Waals surface area contributed by atoms with Gasteiger partial charge in [0.2, 0.25) is 5.91 Å². The molecule has 1 saturated carbocycles. The first-order valence-electron chi connectivity index (χ1n) is 15.1. The molecule has 240 valence electrons. The predicted octanol–water partition coefficient (Wildman–Crippen LogP) is 6.59. The number of aryl methyl sites for hydroxylation is 1. The second kappa shape index (κ2) is 14.2. The van der Waals surface area contributed by atoms with Crippen molar-refractivity contribution in [1.82, 2.24) is 4.90 Å². The molecule has 1 saturated heterocycles. The number of alkyl halides is 3. The van der Waals surface area contributed by atoms with Crippen LogP contribution in [-0.2, 0) is 22.3 Å². The van der Waals surface area contributed by atoms with E-state index in [1.54, 1.807) is 19.1 Å². The van der Waals surface area contributed by atoms with E-state index in [1.807, 2.05) is 29.2 Å². The summed E-state index contributed by atoms with van der Waals surface area (Å²) in [4.78, 5) is 27.6. The van der Waals surface area contributed by atoms with Crippen molar-refractivity contribution in [3.8, 4) is 5.75 Å². The Morgan fingerprint density at radius 1 is 0.956 bits per heavy atom. The zero-order chi connectivity index (χ0) is 32.0. The van der Waals surface area contributed by atoms with Crippen LogP contribution < -0.4 is 15.0 Å². The van der Waals surface area contributed by atoms with Crippen molar-refractivity contribution >= 4 is 23.0 Å². The maximum atomic E-state index is 12.8. The standard InChI is InChI=1S/C33H37F3N4O5/c1-23-20-27(8-15-31(23)40(42)43)37-26-6-11-29(12-7-26)45-22-32(41)39-18-16-38(17-19-39)28-9-13-30(14-10-28)44-21-24-2-4-25(5-3-24)33(34,35)36/h2-5,8-10,13-15,20,26,29,37H,6-7,11-12,16-19,21-22H2,1H3. The van der Waals surface area contributed by atoms with Crippen LogP contribution in [0.3, 0.4) is 0 Å². The molecule has 9 nitrogen and oxygen atoms in total. The van der Waals surface area contributed by atoms with Crippen LogP contribution in [0.2, 0.25) is 0 Å². The van der Waals surface area contributed by atoms with Gasteiger partial charge in [-0.05, 0) is 86.7 Å². The minimum absolute atomic E-state index is 0.0109. The average Bonchev–Trinajstić information content (AvgIpc) is 3.03. The Hall–Kier alpha value is -4.32. The largest absolute Gasteiger partial charge is 0.489 e. The number of benzene rings is 3. The maximum absolute atomic E-state index is 12.8. The number of nitro groups is 1. The van der Waals surface area contributed by atoms with Crippen LogP contribution in [0.5, 0.6) is 5.75 Å². The van der Waals surface area contributed by atoms with Crippen molar-refractivity contribution in [2.75, 3.05) is 43.0 Å². The summed E-state index contributed by atoms with van der Waals surface area (Å²) in [5.74, 6) is 0.610. The number of hydrogen-bond acceptors (Lipinski definition) is 7. The molecule has 0 unspecified atom stereocenters. The lowest BCUT2D eigenvalue weighted by Gasteiger charge is -2.36. The van der Waals surface area contributed by atoms with Crippen LogP contribution in [-0.4, -0.2) is 60.7 Å². The Labute approximate surface area is 260 Å². The molecule has 1 amide bonds. The summed E-state index contributed by atoms with van der Waals surface area (Å²) in [5.41, 5.74) is 2.59. The van der Waals surface area contributed by atoms with Gasteiger partial charge in [-0.1, -0.05) is 12.1 Å². The van der Waals surface area contributed by atoms with E-state index in [1.165, 1.54) is 18.2 Å². The Morgan fingerprint density at radius 3 is 2.22 bits per heavy atom. The van der Waals surface area contributed by atoms with Crippen LogP contribution in [0.25, 0.3) is 0 Å². The van der Waals surface area contributed by atoms with E-state index < -0.39 is 11.7 Å². The van der Waals surface area contributed by atoms with Gasteiger partial charge in [0.1, 0.15) is 19.0 Å². The highest BCUT2D eigenvalue weighted by atomic mass is 19.4. The third-order valence-corrected chi connectivity index (χ3v) is 8.40. The molecule has 0 aromatic heterocycles. The summed E-state index contributed by atoms with van der Waals surface area (Å²) in [6, 6.07) is 17.8. The third-order valence-electron chi connectivity index (χ3n) is 8.40. The van der Waals surface area contributed by atoms with Crippen LogP contribution in [0.1, 0.15) is 42.4 Å². The summed E-state index contributed by atoms with van der Waals surface area (Å²) in [7, 11) is 0. The molecule has 0 radical (unpaired) electrons. The zero-order valence-electron chi connectivity index (χ0n) is 25.1. The number of nitrogens with zero attached hydrogens (tertiary/aromatic N) is 3. The molecule has 0 spiro atoms. The lowest BCUT2D eigenvalue weighted by molar-refractivity contribution is -0.385. The number of ether oxygens (including phenoxy) is 2. The van der Waals surface area contributed by atoms with Gasteiger partial charge in [0.25, 0.3) is 5.69 Å². The molecule has 1 N–H and O–H groups in total. The summed E-state index contributed by atoms with van der Waals surface area (Å²) in [6.07, 6.45) is -0.851. The fourth-order valence-electron chi connectivity index (χ4n) is 5.76. The predicted molar refractivity (Wildman–Crippen MR) is 164 cm³/mol. The van der Waals surface area contributed by atoms with Gasteiger partial charge in [-0.25, -0.2) is 0 Å². The number of anilines is 2. The Bertz CT molecular complexity index is 1450. The van der Waals surface area contributed by atoms with E-state index in [0.717, 1.165) is 49.2 Å². The Kier molecular flexibility index (Phi) is 10.1. The summed E-state index contributed by atoms with van der Waals surface area (Å²) < 4.78 is 50.0. The lowest BCUT2D eigenvalue weighted by Crippen LogP contribution is -2.50. The topological polar surface area (TPSA) is 97.2 Å². The highest BCUT2D eigenvalue weighted by Crippen LogP contribution is 2.30. The first kappa shape index (κ1) is 32.1. The first-order chi connectivity index (χ1) is 21.5. The number of halogens is 3. The molecule has 45 heavy (non-hydrogen) atoms. The van der Waals surface area contributed by atoms with Crippen molar-refractivity contribution in [2.24, 2.45) is 0 Å². The number of nitrogens with one attached hydrogen (secondary N) is 1. The second-order valence-electron chi connectivity index (χ2n) is 11.5. The Balaban J connectivity index is 0.989. The number of hydrogen-bond donors (Lipinski definition) is 1. The van der Waals surface area contributed by atoms with Crippen molar-refractivity contribution in [2.45, 2.75) is 57.5 Å². The number of nitro benzene ring substituents is 1. The van der Waals surface area contributed by atoms with Gasteiger partial charge in [-0.3, -0.25) is 14.9 Å². The smallest absolute Gasteiger partial charge is 0.416 e. The molecule has 0 atom stereocenters. The van der Waals surface area contributed by atoms with E-state index in [4.69, 9.17) is 9.47 Å². The van der Waals surface area contributed by atoms with Crippen molar-refractivity contribution in [3.05, 3.63) is 93.5 Å². The minimum Gasteiger partial charge on any atom is -0.489 e. The molecule has 1 aliphatic carbocycles. The van der Waals surface area contributed by atoms with Crippen molar-refractivity contribution in [3.63, 3.8) is 0 Å². The molecule has 2 fully saturated rings. The van der Waals surface area contributed by atoms with Crippen LogP contribution in [0, 0.1) is 17.0 Å². The maximum Gasteiger partial charge on any atom is 0.416 e. The monoisotopic (exact) mass is 626 g/mol. The number of piperazine rings is 1. The summed E-state index contributed by atoms with van der Waals surface area (Å²) in [5, 5.41) is 14.5. The van der Waals surface area contributed by atoms with Crippen LogP contribution in [0.15, 0.2) is 66.7 Å². The number of amides is 1. The van der Waals surface area contributed by atoms with Gasteiger partial charge < -0.3 is 24.6 Å². The SMILES string of the molecule is Cc1cc(NC2CCC(OCC(=O)N3CCN(c4ccc(OCc5ccc(C(F)(F)F)cc5)cc4)CC3)CC2)ccc1[N+](=O)[O-]. The number of carbonyl (C=O) groups excluding carboxylic acids is 1. The first-order valence-corrected chi connectivity index (χ1v) is 15.1. The molecular formula is C33H37F3N4O5. The van der Waals surface area contributed by atoms with Crippen LogP contribution >= 0.6 is 0 Å². The van der Waals surface area contributed by atoms with E-state index in [-0.39, 0.29) is 41.9 Å². The fourth-order valence-corrected chi connectivity index (χ4v) is 5.76. The van der Waals surface area contributed by atoms with E-state index in [2.05, 4.69) is 10.2 Å². The van der Waals surface area contributed by atoms with E-state index in [9.17, 15) is 28.1 Å². The van der Waals surface area contributed by atoms with Gasteiger partial charge in [-0.2, -0.15) is 13.2 Å². The molecule has 1 aliphatic heterocycles. The molecule has 5 rings (SSSR count). The lowest BCUT2D eigenvalue weighted by atomic mass is 9.92. The molecule has 0 bridgehead atoms. The summed E-state index contributed by atoms with van der Waals surface area (Å²) in [6.45, 7) is 4.54. The summed E-state index contributed by atoms with van der Waals surface area (Å²) >= 11 is 0. The van der Waals surface area contributed by atoms with Crippen molar-refractivity contribution < 1.29 is 32.4 Å². The van der Waals surface area contributed by atoms with Gasteiger partial charge in [0.05, 0.1) is 16.6 Å². The quantitative estimate of drug-likeness (QED) is 0.200. The van der Waals surface area contributed by atoms with Gasteiger partial charge >= 0.3 is 6.18 Å². The second-order valence-corrected chi connectivity index (χ2v) is 11.5. The zero-order valence-corrected chi connectivity index (χ0v) is 25.1. The van der Waals surface area contributed by atoms with Gasteiger partial charge in [-0.15, -0.1) is 0 Å². The van der Waals surface area contributed by atoms with Crippen molar-refractivity contribution in [1.29, 1.82) is 0 Å². The highest BCUT2D eigenvalue weighted by Gasteiger charge is 2.30. The fraction of sp³-hybridized carbons (Fsp3) is 0.424. The molecule has 2 aliphatic rings. The van der Waals surface area contributed by atoms with Crippen LogP contribution in [0.4, 0.5) is 30.2 Å². The molecular weight excluding hydrogens is 589 g/mol. The highest BCUT2D eigenvalue weighted by molar-refractivity contribution is 5.77. The van der Waals surface area contributed by atoms with Gasteiger partial charge in [0.15, 0.2) is 0 Å². The molecule has 1 heterocycles. The normalized spacial score (nSPS) is 18.8. The number of rotatable bonds is 10. The minimum atomic E-state index is -4.36. The van der Waals surface area contributed by atoms with Gasteiger partial charge in [0, 0.05) is 55.2 Å². The third kappa shape index (κ3) is 8.65. The molecule has 3 aromatic carbocycles.